The van der Waals surface area contributed by atoms with Crippen LogP contribution in [0.1, 0.15) is 63.2 Å². The summed E-state index contributed by atoms with van der Waals surface area (Å²) in [6.45, 7) is 14.5. The van der Waals surface area contributed by atoms with Gasteiger partial charge >= 0.3 is 11.9 Å². The molecule has 10 nitrogen and oxygen atoms in total. The van der Waals surface area contributed by atoms with E-state index in [2.05, 4.69) is 20.1 Å². The highest BCUT2D eigenvalue weighted by Gasteiger charge is 2.42. The van der Waals surface area contributed by atoms with E-state index in [9.17, 15) is 19.1 Å². The van der Waals surface area contributed by atoms with E-state index in [1.165, 1.54) is 17.4 Å². The van der Waals surface area contributed by atoms with Gasteiger partial charge in [0.05, 0.1) is 23.7 Å². The van der Waals surface area contributed by atoms with Crippen molar-refractivity contribution in [2.24, 2.45) is 10.4 Å². The van der Waals surface area contributed by atoms with Crippen LogP contribution in [-0.4, -0.2) is 94.7 Å². The molecule has 12 heteroatoms. The number of carboxylic acids is 1. The van der Waals surface area contributed by atoms with Gasteiger partial charge in [0.2, 0.25) is 0 Å². The number of rotatable bonds is 8. The molecule has 0 radical (unpaired) electrons. The first-order valence-corrected chi connectivity index (χ1v) is 15.9. The number of esters is 1. The van der Waals surface area contributed by atoms with Gasteiger partial charge in [0.15, 0.2) is 10.8 Å². The van der Waals surface area contributed by atoms with Crippen LogP contribution in [0.4, 0.5) is 4.39 Å². The van der Waals surface area contributed by atoms with Crippen molar-refractivity contribution in [3.05, 3.63) is 63.0 Å². The molecule has 0 aliphatic carbocycles. The van der Waals surface area contributed by atoms with Crippen molar-refractivity contribution in [1.29, 1.82) is 0 Å². The lowest BCUT2D eigenvalue weighted by Crippen LogP contribution is -2.61. The maximum atomic E-state index is 14.7. The van der Waals surface area contributed by atoms with Gasteiger partial charge in [-0.05, 0) is 65.2 Å². The fraction of sp³-hybridized carbons (Fsp3) is 0.562. The number of aromatic nitrogens is 1. The number of piperidine rings is 1. The van der Waals surface area contributed by atoms with Gasteiger partial charge in [0.1, 0.15) is 17.5 Å². The number of likely N-dealkylation sites (tertiary alicyclic amines) is 1. The topological polar surface area (TPSA) is 117 Å². The van der Waals surface area contributed by atoms with Crippen molar-refractivity contribution >= 4 is 29.1 Å². The summed E-state index contributed by atoms with van der Waals surface area (Å²) in [5.41, 5.74) is 0.171. The van der Waals surface area contributed by atoms with Crippen molar-refractivity contribution in [1.82, 2.24) is 20.1 Å². The number of aliphatic carboxylic acids is 1. The monoisotopic (exact) mass is 627 g/mol. The standard InChI is InChI=1S/C32H42FN5O5S/c1-19-20(8-7-9-21(19)33)26-25(29(39)40)22(35-27(36-26)28-34-11-15-44-28)16-38-13-14-42-24-10-12-37(17-23(24)38)18-32(5,6)30(41)43-31(2,3)4/h7-9,11,15,23-24,26H,10,12-14,16-18H2,1-6H3,(H,35,36)(H,39,40). The molecule has 0 spiro atoms. The smallest absolute Gasteiger partial charge is 0.335 e. The molecular formula is C32H42FN5O5S. The lowest BCUT2D eigenvalue weighted by molar-refractivity contribution is -0.168. The van der Waals surface area contributed by atoms with Gasteiger partial charge in [-0.1, -0.05) is 12.1 Å². The number of morpholine rings is 1. The van der Waals surface area contributed by atoms with E-state index in [4.69, 9.17) is 14.5 Å². The predicted octanol–water partition coefficient (Wildman–Crippen LogP) is 4.16. The summed E-state index contributed by atoms with van der Waals surface area (Å²) >= 11 is 1.39. The number of amidine groups is 1. The largest absolute Gasteiger partial charge is 0.478 e. The fourth-order valence-corrected chi connectivity index (χ4v) is 6.74. The molecule has 238 valence electrons. The van der Waals surface area contributed by atoms with Gasteiger partial charge in [-0.2, -0.15) is 0 Å². The Morgan fingerprint density at radius 3 is 2.68 bits per heavy atom. The number of nitrogens with zero attached hydrogens (tertiary/aromatic N) is 4. The van der Waals surface area contributed by atoms with Crippen LogP contribution in [0.2, 0.25) is 0 Å². The van der Waals surface area contributed by atoms with E-state index in [0.29, 0.717) is 60.5 Å². The number of carbonyl (C=O) groups is 2. The summed E-state index contributed by atoms with van der Waals surface area (Å²) in [7, 11) is 0. The highest BCUT2D eigenvalue weighted by atomic mass is 32.1. The minimum atomic E-state index is -1.11. The zero-order chi connectivity index (χ0) is 31.8. The van der Waals surface area contributed by atoms with Gasteiger partial charge in [-0.3, -0.25) is 14.7 Å². The predicted molar refractivity (Wildman–Crippen MR) is 166 cm³/mol. The van der Waals surface area contributed by atoms with Crippen molar-refractivity contribution in [2.75, 3.05) is 39.3 Å². The molecule has 2 saturated heterocycles. The summed E-state index contributed by atoms with van der Waals surface area (Å²) in [6.07, 6.45) is 2.45. The average Bonchev–Trinajstić information content (AvgIpc) is 3.48. The molecule has 2 fully saturated rings. The molecule has 0 bridgehead atoms. The molecule has 5 rings (SSSR count). The molecule has 44 heavy (non-hydrogen) atoms. The van der Waals surface area contributed by atoms with Crippen LogP contribution in [0.15, 0.2) is 46.0 Å². The van der Waals surface area contributed by atoms with E-state index in [-0.39, 0.29) is 23.7 Å². The Hall–Kier alpha value is -3.19. The summed E-state index contributed by atoms with van der Waals surface area (Å²) in [5.74, 6) is -1.30. The zero-order valence-electron chi connectivity index (χ0n) is 26.2. The zero-order valence-corrected chi connectivity index (χ0v) is 27.0. The van der Waals surface area contributed by atoms with Crippen molar-refractivity contribution in [3.63, 3.8) is 0 Å². The highest BCUT2D eigenvalue weighted by Crippen LogP contribution is 2.36. The van der Waals surface area contributed by atoms with Gasteiger partial charge in [-0.25, -0.2) is 14.2 Å². The number of carbonyl (C=O) groups excluding carboxylic acids is 1. The van der Waals surface area contributed by atoms with E-state index in [1.54, 1.807) is 25.3 Å². The number of aliphatic imine (C=N–C) groups is 1. The molecule has 2 aromatic rings. The third kappa shape index (κ3) is 7.03. The van der Waals surface area contributed by atoms with Crippen molar-refractivity contribution in [2.45, 2.75) is 71.8 Å². The van der Waals surface area contributed by atoms with Gasteiger partial charge in [0.25, 0.3) is 0 Å². The summed E-state index contributed by atoms with van der Waals surface area (Å²) in [4.78, 5) is 39.6. The summed E-state index contributed by atoms with van der Waals surface area (Å²) < 4.78 is 26.6. The Bertz CT molecular complexity index is 1450. The molecule has 0 amide bonds. The number of nitrogens with one attached hydrogen (secondary N) is 1. The fourth-order valence-electron chi connectivity index (χ4n) is 6.16. The lowest BCUT2D eigenvalue weighted by atomic mass is 9.89. The molecule has 3 atom stereocenters. The molecule has 3 aliphatic rings. The number of hydrogen-bond donors (Lipinski definition) is 2. The van der Waals surface area contributed by atoms with Crippen LogP contribution < -0.4 is 5.32 Å². The molecule has 2 N–H and O–H groups in total. The summed E-state index contributed by atoms with van der Waals surface area (Å²) in [5, 5.41) is 16.3. The maximum absolute atomic E-state index is 14.7. The molecule has 1 aromatic heterocycles. The van der Waals surface area contributed by atoms with Crippen LogP contribution >= 0.6 is 11.3 Å². The lowest BCUT2D eigenvalue weighted by Gasteiger charge is -2.48. The summed E-state index contributed by atoms with van der Waals surface area (Å²) in [6, 6.07) is 3.75. The average molecular weight is 628 g/mol. The quantitative estimate of drug-likeness (QED) is 0.416. The van der Waals surface area contributed by atoms with Gasteiger partial charge in [-0.15, -0.1) is 11.3 Å². The minimum absolute atomic E-state index is 0.0181. The Balaban J connectivity index is 1.43. The van der Waals surface area contributed by atoms with Gasteiger partial charge in [0, 0.05) is 56.0 Å². The van der Waals surface area contributed by atoms with Crippen LogP contribution in [0.5, 0.6) is 0 Å². The normalized spacial score (nSPS) is 23.5. The number of thiazole rings is 1. The Morgan fingerprint density at radius 1 is 1.23 bits per heavy atom. The third-order valence-electron chi connectivity index (χ3n) is 8.31. The van der Waals surface area contributed by atoms with E-state index in [0.717, 1.165) is 13.0 Å². The van der Waals surface area contributed by atoms with Crippen molar-refractivity contribution in [3.8, 4) is 0 Å². The molecule has 4 heterocycles. The first-order chi connectivity index (χ1) is 20.7. The van der Waals surface area contributed by atoms with Gasteiger partial charge < -0.3 is 24.8 Å². The second-order valence-electron chi connectivity index (χ2n) is 13.4. The van der Waals surface area contributed by atoms with E-state index in [1.807, 2.05) is 40.0 Å². The Morgan fingerprint density at radius 2 is 2.00 bits per heavy atom. The van der Waals surface area contributed by atoms with Crippen molar-refractivity contribution < 1.29 is 28.6 Å². The minimum Gasteiger partial charge on any atom is -0.478 e. The van der Waals surface area contributed by atoms with Crippen LogP contribution in [0.3, 0.4) is 0 Å². The van der Waals surface area contributed by atoms with Crippen LogP contribution in [0, 0.1) is 18.2 Å². The van der Waals surface area contributed by atoms with E-state index >= 15 is 0 Å². The first kappa shape index (κ1) is 32.2. The van der Waals surface area contributed by atoms with E-state index < -0.39 is 28.8 Å². The van der Waals surface area contributed by atoms with Crippen LogP contribution in [-0.2, 0) is 19.1 Å². The Labute approximate surface area is 262 Å². The molecule has 3 aliphatic heterocycles. The molecule has 1 aromatic carbocycles. The number of halogens is 1. The second-order valence-corrected chi connectivity index (χ2v) is 14.2. The number of carboxylic acid groups (broad SMARTS) is 1. The highest BCUT2D eigenvalue weighted by molar-refractivity contribution is 7.11. The third-order valence-corrected chi connectivity index (χ3v) is 9.09. The molecule has 3 unspecified atom stereocenters. The molecule has 0 saturated carbocycles. The van der Waals surface area contributed by atoms with Crippen LogP contribution in [0.25, 0.3) is 0 Å². The SMILES string of the molecule is Cc1c(F)cccc1C1N=C(c2nccs2)NC(CN2CCOC3CCN(CC(C)(C)C(=O)OC(C)(C)C)CC32)=C1C(=O)O. The molecular weight excluding hydrogens is 585 g/mol. The first-order valence-electron chi connectivity index (χ1n) is 15.0. The number of benzene rings is 1. The number of fused-ring (bicyclic) bond motifs is 1. The number of ether oxygens (including phenoxy) is 2. The second kappa shape index (κ2) is 12.7. The Kier molecular flexibility index (Phi) is 9.27. The number of hydrogen-bond acceptors (Lipinski definition) is 10. The maximum Gasteiger partial charge on any atom is 0.335 e.